The predicted molar refractivity (Wildman–Crippen MR) is 89.2 cm³/mol. The van der Waals surface area contributed by atoms with Crippen LogP contribution in [0.15, 0.2) is 29.3 Å². The van der Waals surface area contributed by atoms with Crippen LogP contribution in [0.3, 0.4) is 0 Å². The molecule has 0 spiro atoms. The summed E-state index contributed by atoms with van der Waals surface area (Å²) >= 11 is 3.53. The zero-order valence-electron chi connectivity index (χ0n) is 12.8. The van der Waals surface area contributed by atoms with E-state index in [1.165, 1.54) is 0 Å². The summed E-state index contributed by atoms with van der Waals surface area (Å²) in [5, 5.41) is 3.39. The molecule has 0 bridgehead atoms. The maximum atomic E-state index is 5.61. The van der Waals surface area contributed by atoms with Crippen molar-refractivity contribution in [1.29, 1.82) is 0 Å². The number of hydrogen-bond donors (Lipinski definition) is 1. The van der Waals surface area contributed by atoms with Crippen LogP contribution in [0.25, 0.3) is 0 Å². The molecule has 0 saturated carbocycles. The lowest BCUT2D eigenvalue weighted by atomic mass is 10.2. The largest absolute Gasteiger partial charge is 0.493 e. The van der Waals surface area contributed by atoms with Gasteiger partial charge in [-0.05, 0) is 53.5 Å². The molecule has 0 aliphatic carbocycles. The highest BCUT2D eigenvalue weighted by Crippen LogP contribution is 2.36. The number of halogens is 1. The summed E-state index contributed by atoms with van der Waals surface area (Å²) in [6.07, 6.45) is 2.71. The summed E-state index contributed by atoms with van der Waals surface area (Å²) in [5.74, 6) is 1.43. The molecular formula is C16H24BrNO3. The van der Waals surface area contributed by atoms with Gasteiger partial charge in [-0.1, -0.05) is 12.7 Å². The Morgan fingerprint density at radius 3 is 2.86 bits per heavy atom. The number of rotatable bonds is 11. The molecule has 5 heteroatoms. The first-order valence-electron chi connectivity index (χ1n) is 7.11. The fourth-order valence-electron chi connectivity index (χ4n) is 1.83. The first kappa shape index (κ1) is 18.0. The topological polar surface area (TPSA) is 39.7 Å². The number of methoxy groups -OCH3 is 1. The summed E-state index contributed by atoms with van der Waals surface area (Å²) in [7, 11) is 1.64. The first-order valence-corrected chi connectivity index (χ1v) is 7.90. The summed E-state index contributed by atoms with van der Waals surface area (Å²) < 4.78 is 17.2. The molecule has 0 atom stereocenters. The van der Waals surface area contributed by atoms with E-state index in [1.54, 1.807) is 13.2 Å². The fourth-order valence-corrected chi connectivity index (χ4v) is 2.44. The SMILES string of the molecule is C=CCOc1c(Br)cc(CNCCCOCC)cc1OC. The summed E-state index contributed by atoms with van der Waals surface area (Å²) in [6.45, 7) is 9.38. The summed E-state index contributed by atoms with van der Waals surface area (Å²) in [6, 6.07) is 4.02. The van der Waals surface area contributed by atoms with Gasteiger partial charge in [0.1, 0.15) is 6.61 Å². The lowest BCUT2D eigenvalue weighted by Crippen LogP contribution is -2.16. The Morgan fingerprint density at radius 2 is 2.19 bits per heavy atom. The first-order chi connectivity index (χ1) is 10.2. The van der Waals surface area contributed by atoms with Crippen molar-refractivity contribution in [2.24, 2.45) is 0 Å². The van der Waals surface area contributed by atoms with Gasteiger partial charge in [0.15, 0.2) is 11.5 Å². The number of benzene rings is 1. The van der Waals surface area contributed by atoms with Crippen LogP contribution in [-0.2, 0) is 11.3 Å². The van der Waals surface area contributed by atoms with E-state index >= 15 is 0 Å². The van der Waals surface area contributed by atoms with Gasteiger partial charge in [0.2, 0.25) is 0 Å². The van der Waals surface area contributed by atoms with E-state index in [0.717, 1.165) is 48.5 Å². The molecule has 21 heavy (non-hydrogen) atoms. The van der Waals surface area contributed by atoms with Crippen molar-refractivity contribution < 1.29 is 14.2 Å². The molecule has 4 nitrogen and oxygen atoms in total. The van der Waals surface area contributed by atoms with E-state index in [1.807, 2.05) is 19.1 Å². The lowest BCUT2D eigenvalue weighted by molar-refractivity contribution is 0.144. The quantitative estimate of drug-likeness (QED) is 0.485. The third-order valence-electron chi connectivity index (χ3n) is 2.81. The molecule has 1 N–H and O–H groups in total. The number of nitrogens with one attached hydrogen (secondary N) is 1. The minimum Gasteiger partial charge on any atom is -0.493 e. The highest BCUT2D eigenvalue weighted by atomic mass is 79.9. The van der Waals surface area contributed by atoms with E-state index in [-0.39, 0.29) is 0 Å². The van der Waals surface area contributed by atoms with Gasteiger partial charge in [-0.15, -0.1) is 0 Å². The molecule has 0 aliphatic heterocycles. The molecule has 0 fully saturated rings. The molecular weight excluding hydrogens is 334 g/mol. The minimum absolute atomic E-state index is 0.448. The second-order valence-corrected chi connectivity index (χ2v) is 5.29. The van der Waals surface area contributed by atoms with Crippen molar-refractivity contribution in [2.75, 3.05) is 33.5 Å². The van der Waals surface area contributed by atoms with Gasteiger partial charge in [-0.25, -0.2) is 0 Å². The van der Waals surface area contributed by atoms with Crippen molar-refractivity contribution in [3.05, 3.63) is 34.8 Å². The van der Waals surface area contributed by atoms with Gasteiger partial charge in [0, 0.05) is 19.8 Å². The Kier molecular flexibility index (Phi) is 9.14. The Morgan fingerprint density at radius 1 is 1.38 bits per heavy atom. The monoisotopic (exact) mass is 357 g/mol. The molecule has 0 amide bonds. The highest BCUT2D eigenvalue weighted by Gasteiger charge is 2.11. The standard InChI is InChI=1S/C16H24BrNO3/c1-4-8-21-16-14(17)10-13(11-15(16)19-3)12-18-7-6-9-20-5-2/h4,10-11,18H,1,5-9,12H2,2-3H3. The van der Waals surface area contributed by atoms with Gasteiger partial charge in [-0.2, -0.15) is 0 Å². The molecule has 0 heterocycles. The van der Waals surface area contributed by atoms with Crippen molar-refractivity contribution >= 4 is 15.9 Å². The summed E-state index contributed by atoms with van der Waals surface area (Å²) in [5.41, 5.74) is 1.14. The zero-order chi connectivity index (χ0) is 15.5. The summed E-state index contributed by atoms with van der Waals surface area (Å²) in [4.78, 5) is 0. The molecule has 0 unspecified atom stereocenters. The molecule has 0 aliphatic rings. The van der Waals surface area contributed by atoms with Gasteiger partial charge in [0.25, 0.3) is 0 Å². The number of hydrogen-bond acceptors (Lipinski definition) is 4. The van der Waals surface area contributed by atoms with Gasteiger partial charge >= 0.3 is 0 Å². The molecule has 1 rings (SSSR count). The highest BCUT2D eigenvalue weighted by molar-refractivity contribution is 9.10. The molecule has 0 radical (unpaired) electrons. The van der Waals surface area contributed by atoms with Crippen molar-refractivity contribution in [3.8, 4) is 11.5 Å². The van der Waals surface area contributed by atoms with E-state index < -0.39 is 0 Å². The van der Waals surface area contributed by atoms with Crippen molar-refractivity contribution in [1.82, 2.24) is 5.32 Å². The smallest absolute Gasteiger partial charge is 0.175 e. The lowest BCUT2D eigenvalue weighted by Gasteiger charge is -2.14. The number of ether oxygens (including phenoxy) is 3. The Labute approximate surface area is 135 Å². The molecule has 1 aromatic carbocycles. The van der Waals surface area contributed by atoms with Crippen LogP contribution in [0.2, 0.25) is 0 Å². The molecule has 0 aromatic heterocycles. The van der Waals surface area contributed by atoms with Gasteiger partial charge in [-0.3, -0.25) is 0 Å². The second-order valence-electron chi connectivity index (χ2n) is 4.44. The Hall–Kier alpha value is -1.04. The van der Waals surface area contributed by atoms with E-state index in [9.17, 15) is 0 Å². The normalized spacial score (nSPS) is 10.4. The van der Waals surface area contributed by atoms with Crippen LogP contribution in [-0.4, -0.2) is 33.5 Å². The second kappa shape index (κ2) is 10.7. The Balaban J connectivity index is 2.55. The van der Waals surface area contributed by atoms with Crippen LogP contribution in [0.5, 0.6) is 11.5 Å². The minimum atomic E-state index is 0.448. The Bertz CT molecular complexity index is 438. The average Bonchev–Trinajstić information content (AvgIpc) is 2.49. The van der Waals surface area contributed by atoms with Gasteiger partial charge in [0.05, 0.1) is 11.6 Å². The third kappa shape index (κ3) is 6.50. The molecule has 1 aromatic rings. The maximum absolute atomic E-state index is 5.61. The van der Waals surface area contributed by atoms with E-state index in [2.05, 4.69) is 27.8 Å². The fraction of sp³-hybridized carbons (Fsp3) is 0.500. The van der Waals surface area contributed by atoms with Crippen LogP contribution in [0.1, 0.15) is 18.9 Å². The predicted octanol–water partition coefficient (Wildman–Crippen LogP) is 3.54. The maximum Gasteiger partial charge on any atom is 0.175 e. The third-order valence-corrected chi connectivity index (χ3v) is 3.40. The van der Waals surface area contributed by atoms with Crippen LogP contribution >= 0.6 is 15.9 Å². The molecule has 0 saturated heterocycles. The zero-order valence-corrected chi connectivity index (χ0v) is 14.4. The van der Waals surface area contributed by atoms with Gasteiger partial charge < -0.3 is 19.5 Å². The van der Waals surface area contributed by atoms with Crippen molar-refractivity contribution in [2.45, 2.75) is 19.9 Å². The van der Waals surface area contributed by atoms with Crippen LogP contribution in [0, 0.1) is 0 Å². The average molecular weight is 358 g/mol. The molecule has 118 valence electrons. The van der Waals surface area contributed by atoms with Crippen LogP contribution in [0.4, 0.5) is 0 Å². The van der Waals surface area contributed by atoms with Crippen molar-refractivity contribution in [3.63, 3.8) is 0 Å². The van der Waals surface area contributed by atoms with Crippen LogP contribution < -0.4 is 14.8 Å². The van der Waals surface area contributed by atoms with E-state index in [4.69, 9.17) is 14.2 Å². The van der Waals surface area contributed by atoms with E-state index in [0.29, 0.717) is 12.4 Å².